The second-order valence-electron chi connectivity index (χ2n) is 4.09. The van der Waals surface area contributed by atoms with Crippen molar-refractivity contribution in [1.82, 2.24) is 0 Å². The van der Waals surface area contributed by atoms with Gasteiger partial charge in [-0.25, -0.2) is 0 Å². The Labute approximate surface area is 127 Å². The van der Waals surface area contributed by atoms with Crippen LogP contribution in [-0.2, 0) is 10.7 Å². The number of hydrogen-bond donors (Lipinski definition) is 1. The predicted molar refractivity (Wildman–Crippen MR) is 81.6 cm³/mol. The normalized spacial score (nSPS) is 10.1. The third-order valence-electron chi connectivity index (χ3n) is 2.60. The SMILES string of the molecule is O=C(COc1cccc(Cl)c1)Nc1ccccc1CCl. The Kier molecular flexibility index (Phi) is 5.27. The van der Waals surface area contributed by atoms with Crippen LogP contribution in [0.4, 0.5) is 5.69 Å². The molecule has 0 aromatic heterocycles. The summed E-state index contributed by atoms with van der Waals surface area (Å²) in [5.41, 5.74) is 1.56. The van der Waals surface area contributed by atoms with E-state index >= 15 is 0 Å². The maximum atomic E-state index is 11.8. The van der Waals surface area contributed by atoms with Crippen LogP contribution in [0.5, 0.6) is 5.75 Å². The van der Waals surface area contributed by atoms with E-state index in [0.717, 1.165) is 5.56 Å². The molecule has 0 atom stereocenters. The second kappa shape index (κ2) is 7.17. The number of halogens is 2. The molecule has 5 heteroatoms. The Hall–Kier alpha value is -1.71. The van der Waals surface area contributed by atoms with Gasteiger partial charge in [0.2, 0.25) is 0 Å². The van der Waals surface area contributed by atoms with Gasteiger partial charge in [0.05, 0.1) is 0 Å². The summed E-state index contributed by atoms with van der Waals surface area (Å²) in [6.07, 6.45) is 0. The Balaban J connectivity index is 1.93. The number of amides is 1. The summed E-state index contributed by atoms with van der Waals surface area (Å²) in [5.74, 6) is 0.645. The van der Waals surface area contributed by atoms with Gasteiger partial charge >= 0.3 is 0 Å². The fraction of sp³-hybridized carbons (Fsp3) is 0.133. The molecular formula is C15H13Cl2NO2. The zero-order chi connectivity index (χ0) is 14.4. The van der Waals surface area contributed by atoms with E-state index in [4.69, 9.17) is 27.9 Å². The van der Waals surface area contributed by atoms with Crippen LogP contribution in [-0.4, -0.2) is 12.5 Å². The van der Waals surface area contributed by atoms with Gasteiger partial charge in [0.1, 0.15) is 5.75 Å². The molecule has 1 N–H and O–H groups in total. The number of carbonyl (C=O) groups excluding carboxylic acids is 1. The zero-order valence-electron chi connectivity index (χ0n) is 10.6. The van der Waals surface area contributed by atoms with Crippen molar-refractivity contribution in [3.63, 3.8) is 0 Å². The molecule has 0 unspecified atom stereocenters. The number of anilines is 1. The van der Waals surface area contributed by atoms with Gasteiger partial charge in [0.25, 0.3) is 5.91 Å². The van der Waals surface area contributed by atoms with E-state index in [2.05, 4.69) is 5.32 Å². The van der Waals surface area contributed by atoms with Crippen LogP contribution in [0.2, 0.25) is 5.02 Å². The van der Waals surface area contributed by atoms with E-state index in [0.29, 0.717) is 22.3 Å². The van der Waals surface area contributed by atoms with Gasteiger partial charge in [0, 0.05) is 16.6 Å². The minimum absolute atomic E-state index is 0.0863. The fourth-order valence-corrected chi connectivity index (χ4v) is 2.06. The highest BCUT2D eigenvalue weighted by molar-refractivity contribution is 6.30. The van der Waals surface area contributed by atoms with E-state index < -0.39 is 0 Å². The molecule has 2 rings (SSSR count). The van der Waals surface area contributed by atoms with Crippen molar-refractivity contribution in [2.45, 2.75) is 5.88 Å². The van der Waals surface area contributed by atoms with Gasteiger partial charge in [-0.3, -0.25) is 4.79 Å². The number of nitrogens with one attached hydrogen (secondary N) is 1. The molecular weight excluding hydrogens is 297 g/mol. The number of ether oxygens (including phenoxy) is 1. The Morgan fingerprint density at radius 2 is 1.95 bits per heavy atom. The first kappa shape index (κ1) is 14.7. The highest BCUT2D eigenvalue weighted by atomic mass is 35.5. The van der Waals surface area contributed by atoms with Crippen molar-refractivity contribution in [2.75, 3.05) is 11.9 Å². The van der Waals surface area contributed by atoms with Crippen LogP contribution in [0.1, 0.15) is 5.56 Å². The van der Waals surface area contributed by atoms with Crippen molar-refractivity contribution in [1.29, 1.82) is 0 Å². The molecule has 0 heterocycles. The van der Waals surface area contributed by atoms with Crippen molar-refractivity contribution in [3.05, 3.63) is 59.1 Å². The van der Waals surface area contributed by atoms with Gasteiger partial charge in [-0.05, 0) is 29.8 Å². The predicted octanol–water partition coefficient (Wildman–Crippen LogP) is 4.10. The fourth-order valence-electron chi connectivity index (χ4n) is 1.65. The molecule has 0 bridgehead atoms. The third kappa shape index (κ3) is 4.15. The first-order valence-corrected chi connectivity index (χ1v) is 6.92. The van der Waals surface area contributed by atoms with Crippen molar-refractivity contribution >= 4 is 34.8 Å². The molecule has 0 saturated carbocycles. The van der Waals surface area contributed by atoms with Crippen LogP contribution < -0.4 is 10.1 Å². The van der Waals surface area contributed by atoms with E-state index in [1.54, 1.807) is 30.3 Å². The highest BCUT2D eigenvalue weighted by Crippen LogP contribution is 2.18. The average molecular weight is 310 g/mol. The molecule has 1 amide bonds. The lowest BCUT2D eigenvalue weighted by Gasteiger charge is -2.10. The Bertz CT molecular complexity index is 602. The lowest BCUT2D eigenvalue weighted by atomic mass is 10.2. The zero-order valence-corrected chi connectivity index (χ0v) is 12.1. The molecule has 3 nitrogen and oxygen atoms in total. The van der Waals surface area contributed by atoms with Gasteiger partial charge in [-0.1, -0.05) is 35.9 Å². The van der Waals surface area contributed by atoms with Crippen molar-refractivity contribution < 1.29 is 9.53 Å². The molecule has 104 valence electrons. The minimum atomic E-state index is -0.248. The maximum Gasteiger partial charge on any atom is 0.262 e. The van der Waals surface area contributed by atoms with Gasteiger partial charge in [-0.15, -0.1) is 11.6 Å². The summed E-state index contributed by atoms with van der Waals surface area (Å²) < 4.78 is 5.36. The van der Waals surface area contributed by atoms with Crippen LogP contribution in [0.15, 0.2) is 48.5 Å². The quantitative estimate of drug-likeness (QED) is 0.845. The van der Waals surface area contributed by atoms with Gasteiger partial charge < -0.3 is 10.1 Å². The van der Waals surface area contributed by atoms with E-state index in [-0.39, 0.29) is 12.5 Å². The summed E-state index contributed by atoms with van der Waals surface area (Å²) in [6, 6.07) is 14.3. The van der Waals surface area contributed by atoms with Crippen LogP contribution in [0.25, 0.3) is 0 Å². The Morgan fingerprint density at radius 1 is 1.15 bits per heavy atom. The van der Waals surface area contributed by atoms with Crippen LogP contribution in [0, 0.1) is 0 Å². The minimum Gasteiger partial charge on any atom is -0.484 e. The molecule has 0 saturated heterocycles. The van der Waals surface area contributed by atoms with Gasteiger partial charge in [0.15, 0.2) is 6.61 Å². The van der Waals surface area contributed by atoms with Crippen molar-refractivity contribution in [2.24, 2.45) is 0 Å². The molecule has 2 aromatic rings. The maximum absolute atomic E-state index is 11.8. The monoisotopic (exact) mass is 309 g/mol. The first-order valence-electron chi connectivity index (χ1n) is 6.01. The number of rotatable bonds is 5. The molecule has 0 spiro atoms. The highest BCUT2D eigenvalue weighted by Gasteiger charge is 2.07. The number of para-hydroxylation sites is 1. The number of alkyl halides is 1. The summed E-state index contributed by atoms with van der Waals surface area (Å²) in [5, 5.41) is 3.33. The molecule has 0 aliphatic carbocycles. The molecule has 0 radical (unpaired) electrons. The topological polar surface area (TPSA) is 38.3 Å². The van der Waals surface area contributed by atoms with Crippen LogP contribution in [0.3, 0.4) is 0 Å². The van der Waals surface area contributed by atoms with Crippen LogP contribution >= 0.6 is 23.2 Å². The summed E-state index contributed by atoms with van der Waals surface area (Å²) in [4.78, 5) is 11.8. The summed E-state index contributed by atoms with van der Waals surface area (Å²) in [7, 11) is 0. The molecule has 0 aliphatic heterocycles. The molecule has 0 fully saturated rings. The number of benzene rings is 2. The van der Waals surface area contributed by atoms with E-state index in [1.807, 2.05) is 18.2 Å². The smallest absolute Gasteiger partial charge is 0.262 e. The van der Waals surface area contributed by atoms with Crippen molar-refractivity contribution in [3.8, 4) is 5.75 Å². The number of carbonyl (C=O) groups is 1. The van der Waals surface area contributed by atoms with Gasteiger partial charge in [-0.2, -0.15) is 0 Å². The lowest BCUT2D eigenvalue weighted by molar-refractivity contribution is -0.118. The largest absolute Gasteiger partial charge is 0.484 e. The standard InChI is InChI=1S/C15H13Cl2NO2/c16-9-11-4-1-2-7-14(11)18-15(19)10-20-13-6-3-5-12(17)8-13/h1-8H,9-10H2,(H,18,19). The molecule has 20 heavy (non-hydrogen) atoms. The Morgan fingerprint density at radius 3 is 2.70 bits per heavy atom. The molecule has 2 aromatic carbocycles. The third-order valence-corrected chi connectivity index (χ3v) is 3.12. The van der Waals surface area contributed by atoms with E-state index in [1.165, 1.54) is 0 Å². The van der Waals surface area contributed by atoms with E-state index in [9.17, 15) is 4.79 Å². The average Bonchev–Trinajstić information content (AvgIpc) is 2.46. The lowest BCUT2D eigenvalue weighted by Crippen LogP contribution is -2.20. The second-order valence-corrected chi connectivity index (χ2v) is 4.79. The number of hydrogen-bond acceptors (Lipinski definition) is 2. The molecule has 0 aliphatic rings. The summed E-state index contributed by atoms with van der Waals surface area (Å²) >= 11 is 11.6. The summed E-state index contributed by atoms with van der Waals surface area (Å²) in [6.45, 7) is -0.0863. The first-order chi connectivity index (χ1) is 9.69.